The Morgan fingerprint density at radius 1 is 1.08 bits per heavy atom. The fraction of sp³-hybridized carbons (Fsp3) is 0.263. The highest BCUT2D eigenvalue weighted by Gasteiger charge is 2.35. The van der Waals surface area contributed by atoms with Gasteiger partial charge in [0, 0.05) is 35.4 Å². The van der Waals surface area contributed by atoms with E-state index in [9.17, 15) is 9.59 Å². The fourth-order valence-corrected chi connectivity index (χ4v) is 3.25. The molecule has 134 valence electrons. The van der Waals surface area contributed by atoms with Crippen molar-refractivity contribution < 1.29 is 19.1 Å². The second kappa shape index (κ2) is 6.88. The van der Waals surface area contributed by atoms with Crippen molar-refractivity contribution >= 4 is 34.8 Å². The summed E-state index contributed by atoms with van der Waals surface area (Å²) < 4.78 is 11.0. The molecule has 7 heteroatoms. The number of benzene rings is 2. The van der Waals surface area contributed by atoms with E-state index in [1.54, 1.807) is 47.4 Å². The lowest BCUT2D eigenvalue weighted by Crippen LogP contribution is -2.28. The minimum atomic E-state index is -0.411. The number of nitrogens with zero attached hydrogens (tertiary/aromatic N) is 1. The van der Waals surface area contributed by atoms with Crippen LogP contribution in [0.1, 0.15) is 6.42 Å². The maximum atomic E-state index is 12.6. The zero-order chi connectivity index (χ0) is 18.1. The number of rotatable bonds is 3. The van der Waals surface area contributed by atoms with E-state index in [0.717, 1.165) is 5.69 Å². The van der Waals surface area contributed by atoms with Gasteiger partial charge in [0.1, 0.15) is 13.2 Å². The molecule has 2 amide bonds. The molecule has 1 atom stereocenters. The third-order valence-electron chi connectivity index (χ3n) is 4.44. The number of carbonyl (C=O) groups is 2. The summed E-state index contributed by atoms with van der Waals surface area (Å²) in [6.07, 6.45) is 0.180. The molecule has 6 nitrogen and oxygen atoms in total. The molecule has 0 aliphatic carbocycles. The molecule has 1 N–H and O–H groups in total. The molecule has 4 rings (SSSR count). The Morgan fingerprint density at radius 2 is 1.81 bits per heavy atom. The van der Waals surface area contributed by atoms with E-state index in [1.165, 1.54) is 0 Å². The summed E-state index contributed by atoms with van der Waals surface area (Å²) in [6, 6.07) is 12.3. The van der Waals surface area contributed by atoms with Crippen LogP contribution in [0.2, 0.25) is 5.02 Å². The average Bonchev–Trinajstić information content (AvgIpc) is 3.04. The van der Waals surface area contributed by atoms with Crippen molar-refractivity contribution in [2.24, 2.45) is 5.92 Å². The van der Waals surface area contributed by atoms with Crippen LogP contribution >= 0.6 is 11.6 Å². The van der Waals surface area contributed by atoms with E-state index in [4.69, 9.17) is 21.1 Å². The number of fused-ring (bicyclic) bond motifs is 1. The van der Waals surface area contributed by atoms with Crippen molar-refractivity contribution in [1.82, 2.24) is 0 Å². The third-order valence-corrected chi connectivity index (χ3v) is 4.70. The predicted octanol–water partition coefficient (Wildman–Crippen LogP) is 3.10. The minimum absolute atomic E-state index is 0.0744. The van der Waals surface area contributed by atoms with Gasteiger partial charge in [0.05, 0.1) is 5.92 Å². The van der Waals surface area contributed by atoms with Crippen molar-refractivity contribution in [3.05, 3.63) is 47.5 Å². The summed E-state index contributed by atoms with van der Waals surface area (Å²) in [6.45, 7) is 1.35. The van der Waals surface area contributed by atoms with Crippen LogP contribution in [-0.4, -0.2) is 31.6 Å². The Morgan fingerprint density at radius 3 is 2.58 bits per heavy atom. The highest BCUT2D eigenvalue weighted by Crippen LogP contribution is 2.33. The van der Waals surface area contributed by atoms with Crippen LogP contribution in [0.25, 0.3) is 0 Å². The summed E-state index contributed by atoms with van der Waals surface area (Å²) in [5.74, 6) is 0.603. The molecule has 0 bridgehead atoms. The summed E-state index contributed by atoms with van der Waals surface area (Å²) in [5.41, 5.74) is 1.37. The Hall–Kier alpha value is -2.73. The summed E-state index contributed by atoms with van der Waals surface area (Å²) in [7, 11) is 0. The molecular formula is C19H17ClN2O4. The zero-order valence-electron chi connectivity index (χ0n) is 13.9. The van der Waals surface area contributed by atoms with Gasteiger partial charge in [-0.15, -0.1) is 0 Å². The monoisotopic (exact) mass is 372 g/mol. The molecule has 2 aromatic carbocycles. The molecule has 0 unspecified atom stereocenters. The first-order valence-electron chi connectivity index (χ1n) is 8.36. The van der Waals surface area contributed by atoms with E-state index in [-0.39, 0.29) is 18.2 Å². The third kappa shape index (κ3) is 3.32. The molecule has 2 aromatic rings. The van der Waals surface area contributed by atoms with E-state index in [0.29, 0.717) is 42.0 Å². The number of carbonyl (C=O) groups excluding carboxylic acids is 2. The van der Waals surface area contributed by atoms with E-state index in [2.05, 4.69) is 5.32 Å². The maximum Gasteiger partial charge on any atom is 0.229 e. The highest BCUT2D eigenvalue weighted by atomic mass is 35.5. The van der Waals surface area contributed by atoms with E-state index in [1.807, 2.05) is 0 Å². The zero-order valence-corrected chi connectivity index (χ0v) is 14.7. The normalized spacial score (nSPS) is 18.7. The first kappa shape index (κ1) is 16.7. The van der Waals surface area contributed by atoms with Gasteiger partial charge in [-0.2, -0.15) is 0 Å². The van der Waals surface area contributed by atoms with Gasteiger partial charge < -0.3 is 19.7 Å². The van der Waals surface area contributed by atoms with Gasteiger partial charge in [0.15, 0.2) is 11.5 Å². The minimum Gasteiger partial charge on any atom is -0.486 e. The Kier molecular flexibility index (Phi) is 4.42. The Balaban J connectivity index is 1.44. The van der Waals surface area contributed by atoms with Crippen LogP contribution in [0.4, 0.5) is 11.4 Å². The lowest BCUT2D eigenvalue weighted by molar-refractivity contribution is -0.122. The van der Waals surface area contributed by atoms with Gasteiger partial charge in [-0.3, -0.25) is 9.59 Å². The molecule has 0 radical (unpaired) electrons. The van der Waals surface area contributed by atoms with Crippen molar-refractivity contribution in [2.75, 3.05) is 30.0 Å². The molecule has 0 aromatic heterocycles. The van der Waals surface area contributed by atoms with Gasteiger partial charge in [-0.25, -0.2) is 0 Å². The summed E-state index contributed by atoms with van der Waals surface area (Å²) >= 11 is 5.89. The van der Waals surface area contributed by atoms with Gasteiger partial charge in [0.25, 0.3) is 0 Å². The van der Waals surface area contributed by atoms with E-state index < -0.39 is 5.92 Å². The number of amides is 2. The molecule has 26 heavy (non-hydrogen) atoms. The van der Waals surface area contributed by atoms with Crippen LogP contribution < -0.4 is 19.7 Å². The van der Waals surface area contributed by atoms with Crippen LogP contribution in [0.15, 0.2) is 42.5 Å². The second-order valence-electron chi connectivity index (χ2n) is 6.23. The molecule has 1 saturated heterocycles. The van der Waals surface area contributed by atoms with Crippen molar-refractivity contribution in [2.45, 2.75) is 6.42 Å². The largest absolute Gasteiger partial charge is 0.486 e. The highest BCUT2D eigenvalue weighted by molar-refractivity contribution is 6.30. The maximum absolute atomic E-state index is 12.6. The van der Waals surface area contributed by atoms with Gasteiger partial charge in [-0.05, 0) is 36.4 Å². The number of ether oxygens (including phenoxy) is 2. The van der Waals surface area contributed by atoms with Gasteiger partial charge in [0.2, 0.25) is 11.8 Å². The number of nitrogens with one attached hydrogen (secondary N) is 1. The second-order valence-corrected chi connectivity index (χ2v) is 6.67. The van der Waals surface area contributed by atoms with Gasteiger partial charge >= 0.3 is 0 Å². The lowest BCUT2D eigenvalue weighted by Gasteiger charge is -2.19. The SMILES string of the molecule is O=C(Nc1ccc2c(c1)OCCO2)[C@H]1CC(=O)N(c2ccc(Cl)cc2)C1. The van der Waals surface area contributed by atoms with Gasteiger partial charge in [-0.1, -0.05) is 11.6 Å². The number of anilines is 2. The summed E-state index contributed by atoms with van der Waals surface area (Å²) in [5, 5.41) is 3.47. The number of hydrogen-bond acceptors (Lipinski definition) is 4. The standard InChI is InChI=1S/C19H17ClN2O4/c20-13-1-4-15(5-2-13)22-11-12(9-18(22)23)19(24)21-14-3-6-16-17(10-14)26-8-7-25-16/h1-6,10,12H,7-9,11H2,(H,21,24)/t12-/m0/s1. The fourth-order valence-electron chi connectivity index (χ4n) is 3.12. The first-order chi connectivity index (χ1) is 12.6. The lowest BCUT2D eigenvalue weighted by atomic mass is 10.1. The number of halogens is 1. The smallest absolute Gasteiger partial charge is 0.229 e. The molecule has 1 fully saturated rings. The quantitative estimate of drug-likeness (QED) is 0.899. The Labute approximate surface area is 155 Å². The van der Waals surface area contributed by atoms with Crippen LogP contribution in [0.5, 0.6) is 11.5 Å². The average molecular weight is 373 g/mol. The van der Waals surface area contributed by atoms with Crippen molar-refractivity contribution in [3.8, 4) is 11.5 Å². The molecule has 0 saturated carbocycles. The van der Waals surface area contributed by atoms with Crippen LogP contribution in [0, 0.1) is 5.92 Å². The topological polar surface area (TPSA) is 67.9 Å². The molecule has 2 aliphatic rings. The first-order valence-corrected chi connectivity index (χ1v) is 8.74. The Bertz CT molecular complexity index is 853. The molecular weight excluding hydrogens is 356 g/mol. The van der Waals surface area contributed by atoms with Crippen LogP contribution in [0.3, 0.4) is 0 Å². The predicted molar refractivity (Wildman–Crippen MR) is 98.0 cm³/mol. The van der Waals surface area contributed by atoms with Crippen molar-refractivity contribution in [3.63, 3.8) is 0 Å². The molecule has 2 aliphatic heterocycles. The molecule has 0 spiro atoms. The van der Waals surface area contributed by atoms with E-state index >= 15 is 0 Å². The van der Waals surface area contributed by atoms with Crippen LogP contribution in [-0.2, 0) is 9.59 Å². The van der Waals surface area contributed by atoms with Crippen molar-refractivity contribution in [1.29, 1.82) is 0 Å². The molecule has 2 heterocycles. The summed E-state index contributed by atoms with van der Waals surface area (Å²) in [4.78, 5) is 26.5. The number of hydrogen-bond donors (Lipinski definition) is 1.